The Bertz CT molecular complexity index is 527. The van der Waals surface area contributed by atoms with Crippen LogP contribution >= 0.6 is 0 Å². The summed E-state index contributed by atoms with van der Waals surface area (Å²) in [5.74, 6) is 3.25. The van der Waals surface area contributed by atoms with Crippen molar-refractivity contribution >= 4 is 6.21 Å². The van der Waals surface area contributed by atoms with Gasteiger partial charge in [0.25, 0.3) is 0 Å². The Morgan fingerprint density at radius 2 is 1.67 bits per heavy atom. The van der Waals surface area contributed by atoms with Crippen LogP contribution in [0.1, 0.15) is 51.0 Å². The fraction of sp³-hybridized carbons (Fsp3) is 0.632. The lowest BCUT2D eigenvalue weighted by Gasteiger charge is -2.58. The molecule has 0 aliphatic heterocycles. The van der Waals surface area contributed by atoms with Crippen LogP contribution in [0.4, 0.5) is 0 Å². The average Bonchev–Trinajstić information content (AvgIpc) is 2.44. The molecule has 1 N–H and O–H groups in total. The molecule has 4 bridgehead atoms. The molecule has 4 aliphatic carbocycles. The van der Waals surface area contributed by atoms with Gasteiger partial charge >= 0.3 is 0 Å². The van der Waals surface area contributed by atoms with E-state index in [0.717, 1.165) is 23.3 Å². The maximum atomic E-state index is 9.87. The van der Waals surface area contributed by atoms with E-state index >= 15 is 0 Å². The lowest BCUT2D eigenvalue weighted by atomic mass is 9.48. The minimum atomic E-state index is 0.332. The highest BCUT2D eigenvalue weighted by Gasteiger charge is 2.53. The van der Waals surface area contributed by atoms with Crippen molar-refractivity contribution in [3.63, 3.8) is 0 Å². The van der Waals surface area contributed by atoms with Crippen molar-refractivity contribution in [2.24, 2.45) is 28.2 Å². The van der Waals surface area contributed by atoms with Gasteiger partial charge in [-0.05, 0) is 80.8 Å². The van der Waals surface area contributed by atoms with E-state index in [0.29, 0.717) is 17.2 Å². The quantitative estimate of drug-likeness (QED) is 0.818. The monoisotopic (exact) mass is 283 g/mol. The van der Waals surface area contributed by atoms with E-state index in [2.05, 4.69) is 6.92 Å². The first kappa shape index (κ1) is 13.4. The highest BCUT2D eigenvalue weighted by Crippen LogP contribution is 2.61. The minimum Gasteiger partial charge on any atom is -0.507 e. The lowest BCUT2D eigenvalue weighted by molar-refractivity contribution is -0.0632. The summed E-state index contributed by atoms with van der Waals surface area (Å²) in [6, 6.07) is 7.86. The molecule has 0 unspecified atom stereocenters. The number of phenolic OH excluding ortho intramolecular Hbond substituents is 1. The Kier molecular flexibility index (Phi) is 3.09. The van der Waals surface area contributed by atoms with E-state index in [4.69, 9.17) is 4.99 Å². The first-order chi connectivity index (χ1) is 10.1. The number of rotatable bonds is 3. The second-order valence-corrected chi connectivity index (χ2v) is 7.79. The van der Waals surface area contributed by atoms with Crippen molar-refractivity contribution < 1.29 is 5.11 Å². The van der Waals surface area contributed by atoms with Crippen molar-refractivity contribution in [3.8, 4) is 5.75 Å². The summed E-state index contributed by atoms with van der Waals surface area (Å²) >= 11 is 0. The summed E-state index contributed by atoms with van der Waals surface area (Å²) in [7, 11) is 0. The van der Waals surface area contributed by atoms with E-state index in [1.54, 1.807) is 6.07 Å². The van der Waals surface area contributed by atoms with Crippen LogP contribution < -0.4 is 0 Å². The molecule has 112 valence electrons. The molecule has 1 aromatic rings. The van der Waals surface area contributed by atoms with Crippen molar-refractivity contribution in [2.75, 3.05) is 0 Å². The molecular formula is C19H25NO. The molecule has 4 fully saturated rings. The Morgan fingerprint density at radius 1 is 1.10 bits per heavy atom. The lowest BCUT2D eigenvalue weighted by Crippen LogP contribution is -2.50. The molecule has 1 aromatic carbocycles. The molecule has 2 nitrogen and oxygen atoms in total. The third kappa shape index (κ3) is 2.29. The van der Waals surface area contributed by atoms with Crippen LogP contribution in [0.15, 0.2) is 29.3 Å². The molecule has 0 heterocycles. The van der Waals surface area contributed by atoms with Gasteiger partial charge in [0.1, 0.15) is 5.75 Å². The first-order valence-electron chi connectivity index (χ1n) is 8.46. The third-order valence-corrected chi connectivity index (χ3v) is 6.35. The molecule has 0 amide bonds. The first-order valence-corrected chi connectivity index (χ1v) is 8.46. The Balaban J connectivity index is 1.55. The van der Waals surface area contributed by atoms with Gasteiger partial charge in [0.15, 0.2) is 0 Å². The molecule has 4 aliphatic rings. The summed E-state index contributed by atoms with van der Waals surface area (Å²) in [5.41, 5.74) is 1.30. The second-order valence-electron chi connectivity index (χ2n) is 7.79. The molecule has 21 heavy (non-hydrogen) atoms. The molecule has 2 heteroatoms. The van der Waals surface area contributed by atoms with E-state index in [-0.39, 0.29) is 0 Å². The van der Waals surface area contributed by atoms with Crippen molar-refractivity contribution in [2.45, 2.75) is 51.5 Å². The van der Waals surface area contributed by atoms with Crippen LogP contribution in [0.25, 0.3) is 0 Å². The molecule has 0 saturated heterocycles. The number of aromatic hydroxyl groups is 1. The van der Waals surface area contributed by atoms with E-state index in [1.807, 2.05) is 24.4 Å². The fourth-order valence-corrected chi connectivity index (χ4v) is 5.64. The zero-order valence-corrected chi connectivity index (χ0v) is 12.8. The Morgan fingerprint density at radius 3 is 2.24 bits per heavy atom. The molecule has 0 radical (unpaired) electrons. The third-order valence-electron chi connectivity index (χ3n) is 6.35. The summed E-state index contributed by atoms with van der Waals surface area (Å²) in [5, 5.41) is 9.87. The van der Waals surface area contributed by atoms with Gasteiger partial charge in [0, 0.05) is 11.8 Å². The van der Waals surface area contributed by atoms with Gasteiger partial charge in [-0.2, -0.15) is 0 Å². The number of hydrogen-bond donors (Lipinski definition) is 1. The number of aliphatic imine (C=N–C) groups is 1. The van der Waals surface area contributed by atoms with Crippen LogP contribution in [0.3, 0.4) is 0 Å². The molecule has 0 spiro atoms. The zero-order valence-electron chi connectivity index (χ0n) is 12.8. The predicted octanol–water partition coefficient (Wildman–Crippen LogP) is 4.42. The SMILES string of the molecule is C[C@H](N=Cc1ccccc1O)C12CC3CC(CC(C3)C1)C2. The molecule has 5 rings (SSSR count). The van der Waals surface area contributed by atoms with Crippen LogP contribution in [-0.4, -0.2) is 17.4 Å². The van der Waals surface area contributed by atoms with Crippen molar-refractivity contribution in [3.05, 3.63) is 29.8 Å². The van der Waals surface area contributed by atoms with Crippen molar-refractivity contribution in [1.82, 2.24) is 0 Å². The standard InChI is InChI=1S/C19H25NO/c1-13(20-12-17-4-2-3-5-18(17)21)19-9-14-6-15(10-19)8-16(7-14)11-19/h2-5,12-16,21H,6-11H2,1H3/t13-,14?,15?,16?,19?/m0/s1. The maximum Gasteiger partial charge on any atom is 0.124 e. The molecular weight excluding hydrogens is 258 g/mol. The highest BCUT2D eigenvalue weighted by atomic mass is 16.3. The van der Waals surface area contributed by atoms with E-state index < -0.39 is 0 Å². The summed E-state index contributed by atoms with van der Waals surface area (Å²) in [6.07, 6.45) is 10.5. The number of benzene rings is 1. The molecule has 1 atom stereocenters. The Labute approximate surface area is 127 Å². The van der Waals surface area contributed by atoms with Crippen molar-refractivity contribution in [1.29, 1.82) is 0 Å². The van der Waals surface area contributed by atoms with E-state index in [9.17, 15) is 5.11 Å². The summed E-state index contributed by atoms with van der Waals surface area (Å²) in [4.78, 5) is 4.86. The fourth-order valence-electron chi connectivity index (χ4n) is 5.64. The predicted molar refractivity (Wildman–Crippen MR) is 85.8 cm³/mol. The van der Waals surface area contributed by atoms with Crippen LogP contribution in [-0.2, 0) is 0 Å². The maximum absolute atomic E-state index is 9.87. The van der Waals surface area contributed by atoms with Gasteiger partial charge in [-0.1, -0.05) is 12.1 Å². The number of para-hydroxylation sites is 1. The van der Waals surface area contributed by atoms with Crippen LogP contribution in [0.5, 0.6) is 5.75 Å². The molecule has 0 aromatic heterocycles. The van der Waals surface area contributed by atoms with Gasteiger partial charge in [-0.3, -0.25) is 4.99 Å². The largest absolute Gasteiger partial charge is 0.507 e. The molecule has 4 saturated carbocycles. The van der Waals surface area contributed by atoms with Crippen LogP contribution in [0, 0.1) is 23.2 Å². The Hall–Kier alpha value is -1.31. The van der Waals surface area contributed by atoms with Crippen LogP contribution in [0.2, 0.25) is 0 Å². The number of phenols is 1. The van der Waals surface area contributed by atoms with Gasteiger partial charge in [0.05, 0.1) is 6.04 Å². The number of nitrogens with zero attached hydrogens (tertiary/aromatic N) is 1. The number of hydrogen-bond acceptors (Lipinski definition) is 2. The average molecular weight is 283 g/mol. The van der Waals surface area contributed by atoms with Gasteiger partial charge in [-0.25, -0.2) is 0 Å². The zero-order chi connectivity index (χ0) is 14.4. The smallest absolute Gasteiger partial charge is 0.124 e. The highest BCUT2D eigenvalue weighted by molar-refractivity contribution is 5.83. The second kappa shape index (κ2) is 4.86. The normalized spacial score (nSPS) is 39.0. The topological polar surface area (TPSA) is 32.6 Å². The van der Waals surface area contributed by atoms with Gasteiger partial charge < -0.3 is 5.11 Å². The van der Waals surface area contributed by atoms with Gasteiger partial charge in [0.2, 0.25) is 0 Å². The minimum absolute atomic E-state index is 0.332. The van der Waals surface area contributed by atoms with E-state index in [1.165, 1.54) is 38.5 Å². The summed E-state index contributed by atoms with van der Waals surface area (Å²) < 4.78 is 0. The van der Waals surface area contributed by atoms with Gasteiger partial charge in [-0.15, -0.1) is 0 Å². The summed E-state index contributed by atoms with van der Waals surface area (Å²) in [6.45, 7) is 2.30.